The van der Waals surface area contributed by atoms with Crippen LogP contribution in [0.4, 0.5) is 11.4 Å². The van der Waals surface area contributed by atoms with E-state index < -0.39 is 0 Å². The monoisotopic (exact) mass is 456 g/mol. The molecule has 0 atom stereocenters. The van der Waals surface area contributed by atoms with Gasteiger partial charge in [-0.1, -0.05) is 15.9 Å². The van der Waals surface area contributed by atoms with E-state index in [1.807, 2.05) is 26.0 Å². The molecule has 2 rings (SSSR count). The van der Waals surface area contributed by atoms with Gasteiger partial charge in [0.2, 0.25) is 0 Å². The molecule has 24 heavy (non-hydrogen) atoms. The maximum atomic E-state index is 12.1. The van der Waals surface area contributed by atoms with Crippen molar-refractivity contribution in [3.8, 4) is 11.5 Å². The van der Waals surface area contributed by atoms with E-state index in [1.165, 1.54) is 0 Å². The molecular formula is C17H18Br2N2O3. The van der Waals surface area contributed by atoms with Crippen LogP contribution in [0.15, 0.2) is 39.3 Å². The minimum atomic E-state index is -0.292. The molecule has 1 amide bonds. The van der Waals surface area contributed by atoms with Crippen LogP contribution < -0.4 is 20.5 Å². The Hall–Kier alpha value is -1.73. The lowest BCUT2D eigenvalue weighted by Gasteiger charge is -2.13. The fraction of sp³-hybridized carbons (Fsp3) is 0.235. The summed E-state index contributed by atoms with van der Waals surface area (Å²) < 4.78 is 12.7. The van der Waals surface area contributed by atoms with E-state index in [1.54, 1.807) is 18.2 Å². The van der Waals surface area contributed by atoms with Gasteiger partial charge in [0.25, 0.3) is 5.91 Å². The Balaban J connectivity index is 1.99. The van der Waals surface area contributed by atoms with Crippen LogP contribution in [-0.2, 0) is 4.79 Å². The Morgan fingerprint density at radius 3 is 2.58 bits per heavy atom. The number of nitrogens with one attached hydrogen (secondary N) is 1. The second-order valence-corrected chi connectivity index (χ2v) is 6.82. The summed E-state index contributed by atoms with van der Waals surface area (Å²) in [6.07, 6.45) is 0. The molecule has 5 nitrogen and oxygen atoms in total. The van der Waals surface area contributed by atoms with Gasteiger partial charge in [0, 0.05) is 10.5 Å². The smallest absolute Gasteiger partial charge is 0.262 e. The number of ether oxygens (including phenoxy) is 2. The van der Waals surface area contributed by atoms with Gasteiger partial charge in [-0.3, -0.25) is 4.79 Å². The van der Waals surface area contributed by atoms with Gasteiger partial charge in [-0.25, -0.2) is 0 Å². The maximum Gasteiger partial charge on any atom is 0.262 e. The molecule has 0 aromatic heterocycles. The van der Waals surface area contributed by atoms with Gasteiger partial charge < -0.3 is 20.5 Å². The molecule has 0 bridgehead atoms. The SMILES string of the molecule is CCOc1ccc(NC(=O)COc2c(C)cc(Br)cc2Br)c(N)c1. The van der Waals surface area contributed by atoms with Gasteiger partial charge in [0.05, 0.1) is 22.5 Å². The van der Waals surface area contributed by atoms with E-state index >= 15 is 0 Å². The Bertz CT molecular complexity index is 728. The van der Waals surface area contributed by atoms with Crippen LogP contribution in [0.25, 0.3) is 0 Å². The Labute approximate surface area is 157 Å². The number of amides is 1. The van der Waals surface area contributed by atoms with E-state index in [0.717, 1.165) is 14.5 Å². The van der Waals surface area contributed by atoms with Crippen molar-refractivity contribution in [1.82, 2.24) is 0 Å². The first-order chi connectivity index (χ1) is 11.4. The van der Waals surface area contributed by atoms with Crippen molar-refractivity contribution in [2.24, 2.45) is 0 Å². The van der Waals surface area contributed by atoms with Gasteiger partial charge in [0.15, 0.2) is 6.61 Å². The van der Waals surface area contributed by atoms with Gasteiger partial charge in [-0.2, -0.15) is 0 Å². The Morgan fingerprint density at radius 2 is 1.96 bits per heavy atom. The number of benzene rings is 2. The van der Waals surface area contributed by atoms with E-state index in [9.17, 15) is 4.79 Å². The zero-order chi connectivity index (χ0) is 17.7. The van der Waals surface area contributed by atoms with Crippen molar-refractivity contribution in [2.45, 2.75) is 13.8 Å². The van der Waals surface area contributed by atoms with E-state index in [4.69, 9.17) is 15.2 Å². The third-order valence-corrected chi connectivity index (χ3v) is 4.20. The molecule has 0 unspecified atom stereocenters. The number of aryl methyl sites for hydroxylation is 1. The third kappa shape index (κ3) is 4.88. The van der Waals surface area contributed by atoms with Crippen molar-refractivity contribution in [3.63, 3.8) is 0 Å². The number of anilines is 2. The van der Waals surface area contributed by atoms with Crippen LogP contribution in [0.2, 0.25) is 0 Å². The van der Waals surface area contributed by atoms with Gasteiger partial charge in [-0.15, -0.1) is 0 Å². The summed E-state index contributed by atoms with van der Waals surface area (Å²) in [4.78, 5) is 12.1. The lowest BCUT2D eigenvalue weighted by atomic mass is 10.2. The predicted molar refractivity (Wildman–Crippen MR) is 103 cm³/mol. The average molecular weight is 458 g/mol. The predicted octanol–water partition coefficient (Wildman–Crippen LogP) is 4.52. The highest BCUT2D eigenvalue weighted by atomic mass is 79.9. The molecule has 0 fully saturated rings. The standard InChI is InChI=1S/C17H18Br2N2O3/c1-3-23-12-4-5-15(14(20)8-12)21-16(22)9-24-17-10(2)6-11(18)7-13(17)19/h4-8H,3,9,20H2,1-2H3,(H,21,22). The molecule has 0 saturated carbocycles. The van der Waals surface area contributed by atoms with Gasteiger partial charge in [-0.05, 0) is 59.6 Å². The van der Waals surface area contributed by atoms with E-state index in [0.29, 0.717) is 29.5 Å². The number of halogens is 2. The number of carbonyl (C=O) groups excluding carboxylic acids is 1. The van der Waals surface area contributed by atoms with Crippen molar-refractivity contribution in [2.75, 3.05) is 24.3 Å². The van der Waals surface area contributed by atoms with Gasteiger partial charge in [0.1, 0.15) is 11.5 Å². The van der Waals surface area contributed by atoms with Gasteiger partial charge >= 0.3 is 0 Å². The van der Waals surface area contributed by atoms with Crippen LogP contribution in [0.3, 0.4) is 0 Å². The molecule has 0 spiro atoms. The van der Waals surface area contributed by atoms with Crippen molar-refractivity contribution in [1.29, 1.82) is 0 Å². The van der Waals surface area contributed by atoms with Crippen molar-refractivity contribution in [3.05, 3.63) is 44.8 Å². The molecule has 0 aliphatic carbocycles. The normalized spacial score (nSPS) is 10.3. The second-order valence-electron chi connectivity index (χ2n) is 5.05. The van der Waals surface area contributed by atoms with Crippen LogP contribution in [-0.4, -0.2) is 19.1 Å². The number of nitrogen functional groups attached to an aromatic ring is 1. The summed E-state index contributed by atoms with van der Waals surface area (Å²) in [7, 11) is 0. The lowest BCUT2D eigenvalue weighted by Crippen LogP contribution is -2.21. The fourth-order valence-corrected chi connectivity index (χ4v) is 3.66. The first kappa shape index (κ1) is 18.6. The third-order valence-electron chi connectivity index (χ3n) is 3.15. The number of hydrogen-bond donors (Lipinski definition) is 2. The highest BCUT2D eigenvalue weighted by Crippen LogP contribution is 2.32. The summed E-state index contributed by atoms with van der Waals surface area (Å²) in [6.45, 7) is 4.24. The molecule has 7 heteroatoms. The topological polar surface area (TPSA) is 73.6 Å². The lowest BCUT2D eigenvalue weighted by molar-refractivity contribution is -0.118. The quantitative estimate of drug-likeness (QED) is 0.625. The molecule has 0 radical (unpaired) electrons. The number of hydrogen-bond acceptors (Lipinski definition) is 4. The van der Waals surface area contributed by atoms with Crippen LogP contribution in [0, 0.1) is 6.92 Å². The highest BCUT2D eigenvalue weighted by Gasteiger charge is 2.11. The maximum absolute atomic E-state index is 12.1. The summed E-state index contributed by atoms with van der Waals surface area (Å²) in [5.41, 5.74) is 7.81. The second kappa shape index (κ2) is 8.39. The van der Waals surface area contributed by atoms with Crippen LogP contribution in [0.1, 0.15) is 12.5 Å². The minimum absolute atomic E-state index is 0.117. The summed E-state index contributed by atoms with van der Waals surface area (Å²) in [5, 5.41) is 2.73. The molecule has 128 valence electrons. The number of carbonyl (C=O) groups is 1. The first-order valence-electron chi connectivity index (χ1n) is 7.31. The van der Waals surface area contributed by atoms with E-state index in [-0.39, 0.29) is 12.5 Å². The molecule has 0 aliphatic rings. The zero-order valence-electron chi connectivity index (χ0n) is 13.4. The van der Waals surface area contributed by atoms with Crippen molar-refractivity contribution >= 4 is 49.1 Å². The number of nitrogens with two attached hydrogens (primary N) is 1. The largest absolute Gasteiger partial charge is 0.494 e. The number of rotatable bonds is 6. The van der Waals surface area contributed by atoms with Crippen LogP contribution in [0.5, 0.6) is 11.5 Å². The van der Waals surface area contributed by atoms with E-state index in [2.05, 4.69) is 37.2 Å². The fourth-order valence-electron chi connectivity index (χ4n) is 2.11. The molecule has 0 aliphatic heterocycles. The summed E-state index contributed by atoms with van der Waals surface area (Å²) in [6, 6.07) is 8.92. The minimum Gasteiger partial charge on any atom is -0.494 e. The molecule has 0 heterocycles. The molecule has 2 aromatic rings. The molecule has 2 aromatic carbocycles. The molecule has 3 N–H and O–H groups in total. The van der Waals surface area contributed by atoms with Crippen LogP contribution >= 0.6 is 31.9 Å². The Kier molecular flexibility index (Phi) is 6.51. The summed E-state index contributed by atoms with van der Waals surface area (Å²) in [5.74, 6) is 1.01. The first-order valence-corrected chi connectivity index (χ1v) is 8.90. The highest BCUT2D eigenvalue weighted by molar-refractivity contribution is 9.11. The average Bonchev–Trinajstić information content (AvgIpc) is 2.49. The summed E-state index contributed by atoms with van der Waals surface area (Å²) >= 11 is 6.84. The molecular weight excluding hydrogens is 440 g/mol. The zero-order valence-corrected chi connectivity index (χ0v) is 16.5. The van der Waals surface area contributed by atoms with Crippen molar-refractivity contribution < 1.29 is 14.3 Å². The Morgan fingerprint density at radius 1 is 1.21 bits per heavy atom. The molecule has 0 saturated heterocycles.